The topological polar surface area (TPSA) is 31.2 Å². The minimum atomic E-state index is 0. The largest absolute Gasteiger partial charge is 0.656 e. The van der Waals surface area contributed by atoms with E-state index in [4.69, 9.17) is 0 Å². The van der Waals surface area contributed by atoms with Gasteiger partial charge >= 0.3 is 0 Å². The van der Waals surface area contributed by atoms with Crippen LogP contribution in [0.4, 0.5) is 0 Å². The van der Waals surface area contributed by atoms with Crippen LogP contribution in [0.1, 0.15) is 40.0 Å². The van der Waals surface area contributed by atoms with Crippen LogP contribution >= 0.6 is 0 Å². The van der Waals surface area contributed by atoms with Crippen LogP contribution in [0.15, 0.2) is 0 Å². The fourth-order valence-electron chi connectivity index (χ4n) is 2.65. The van der Waals surface area contributed by atoms with Crippen LogP contribution in [-0.2, 0) is 37.5 Å². The molecule has 85 valence electrons. The van der Waals surface area contributed by atoms with Gasteiger partial charge in [0.05, 0.1) is 5.91 Å². The Morgan fingerprint density at radius 3 is 2.40 bits per heavy atom. The van der Waals surface area contributed by atoms with Crippen LogP contribution in [0.25, 0.3) is 5.32 Å². The van der Waals surface area contributed by atoms with E-state index in [0.29, 0.717) is 17.8 Å². The Kier molecular flexibility index (Phi) is 7.28. The molecule has 0 aromatic rings. The molecule has 1 rings (SSSR count). The van der Waals surface area contributed by atoms with Crippen LogP contribution in [0.3, 0.4) is 0 Å². The molecule has 0 aromatic heterocycles. The molecule has 0 spiro atoms. The summed E-state index contributed by atoms with van der Waals surface area (Å²) < 4.78 is 0. The van der Waals surface area contributed by atoms with Crippen molar-refractivity contribution in [2.75, 3.05) is 7.05 Å². The number of hydrogen-bond donors (Lipinski definition) is 0. The van der Waals surface area contributed by atoms with Gasteiger partial charge in [-0.1, -0.05) is 27.2 Å². The molecule has 15 heavy (non-hydrogen) atoms. The number of nitrogens with zero attached hydrogens (tertiary/aromatic N) is 1. The van der Waals surface area contributed by atoms with E-state index in [1.807, 2.05) is 0 Å². The molecule has 1 saturated carbocycles. The van der Waals surface area contributed by atoms with Gasteiger partial charge in [0.1, 0.15) is 0 Å². The Morgan fingerprint density at radius 2 is 1.93 bits per heavy atom. The van der Waals surface area contributed by atoms with Crippen molar-refractivity contribution >= 4 is 5.91 Å². The van der Waals surface area contributed by atoms with Crippen molar-refractivity contribution in [2.24, 2.45) is 23.7 Å². The van der Waals surface area contributed by atoms with E-state index < -0.39 is 0 Å². The first-order chi connectivity index (χ1) is 6.56. The Bertz CT molecular complexity index is 206. The Hall–Kier alpha value is 0.574. The summed E-state index contributed by atoms with van der Waals surface area (Å²) in [7, 11) is 1.62. The van der Waals surface area contributed by atoms with Crippen molar-refractivity contribution in [2.45, 2.75) is 40.0 Å². The van der Waals surface area contributed by atoms with Crippen LogP contribution in [0, 0.1) is 23.7 Å². The molecule has 3 unspecified atom stereocenters. The molecule has 0 bridgehead atoms. The number of amides is 1. The summed E-state index contributed by atoms with van der Waals surface area (Å²) in [5.41, 5.74) is 0. The first-order valence-electron chi connectivity index (χ1n) is 5.70. The molecule has 3 heteroatoms. The minimum Gasteiger partial charge on any atom is -0.656 e. The molecule has 3 atom stereocenters. The third-order valence-corrected chi connectivity index (χ3v) is 3.56. The summed E-state index contributed by atoms with van der Waals surface area (Å²) in [6, 6.07) is 0. The van der Waals surface area contributed by atoms with Gasteiger partial charge in [0.15, 0.2) is 0 Å². The molecule has 1 aliphatic carbocycles. The van der Waals surface area contributed by atoms with Crippen molar-refractivity contribution < 1.29 is 37.5 Å². The Balaban J connectivity index is 0.00000196. The second kappa shape index (κ2) is 7.01. The fourth-order valence-corrected chi connectivity index (χ4v) is 2.65. The summed E-state index contributed by atoms with van der Waals surface area (Å²) in [4.78, 5) is 11.7. The van der Waals surface area contributed by atoms with Crippen LogP contribution in [0.2, 0.25) is 0 Å². The van der Waals surface area contributed by atoms with Gasteiger partial charge in [-0.05, 0) is 30.6 Å². The minimum absolute atomic E-state index is 0. The van der Waals surface area contributed by atoms with E-state index in [-0.39, 0.29) is 44.5 Å². The zero-order valence-electron chi connectivity index (χ0n) is 10.4. The number of carbonyl (C=O) groups excluding carboxylic acids is 1. The quantitative estimate of drug-likeness (QED) is 0.766. The second-order valence-electron chi connectivity index (χ2n) is 4.99. The monoisotopic (exact) mass is 285 g/mol. The smallest absolute Gasteiger partial charge is 0.0544 e. The molecule has 1 radical (unpaired) electrons. The molecule has 1 fully saturated rings. The van der Waals surface area contributed by atoms with Gasteiger partial charge in [-0.15, -0.1) is 7.05 Å². The maximum absolute atomic E-state index is 11.7. The van der Waals surface area contributed by atoms with Gasteiger partial charge in [0.2, 0.25) is 0 Å². The SMILES string of the molecule is C[N-]C(=O)C1CC(C)CCC1C(C)C.[Y]. The van der Waals surface area contributed by atoms with Gasteiger partial charge < -0.3 is 10.1 Å². The van der Waals surface area contributed by atoms with Gasteiger partial charge in [-0.25, -0.2) is 0 Å². The second-order valence-corrected chi connectivity index (χ2v) is 4.99. The molecule has 1 aliphatic rings. The van der Waals surface area contributed by atoms with Crippen LogP contribution < -0.4 is 0 Å². The molecule has 0 heterocycles. The van der Waals surface area contributed by atoms with Crippen molar-refractivity contribution in [3.63, 3.8) is 0 Å². The van der Waals surface area contributed by atoms with E-state index >= 15 is 0 Å². The van der Waals surface area contributed by atoms with Gasteiger partial charge in [0, 0.05) is 38.6 Å². The number of carbonyl (C=O) groups is 1. The average molecular weight is 285 g/mol. The molecular weight excluding hydrogens is 263 g/mol. The summed E-state index contributed by atoms with van der Waals surface area (Å²) >= 11 is 0. The van der Waals surface area contributed by atoms with Crippen LogP contribution in [-0.4, -0.2) is 13.0 Å². The van der Waals surface area contributed by atoms with E-state index in [1.54, 1.807) is 7.05 Å². The van der Waals surface area contributed by atoms with E-state index in [1.165, 1.54) is 12.8 Å². The maximum atomic E-state index is 11.7. The third kappa shape index (κ3) is 4.15. The number of hydrogen-bond acceptors (Lipinski definition) is 1. The number of rotatable bonds is 2. The summed E-state index contributed by atoms with van der Waals surface area (Å²) in [6.45, 7) is 6.68. The molecule has 0 saturated heterocycles. The zero-order valence-corrected chi connectivity index (χ0v) is 13.2. The van der Waals surface area contributed by atoms with Crippen molar-refractivity contribution in [3.05, 3.63) is 5.32 Å². The molecule has 0 N–H and O–H groups in total. The Morgan fingerprint density at radius 1 is 1.33 bits per heavy atom. The van der Waals surface area contributed by atoms with E-state index in [0.717, 1.165) is 6.42 Å². The van der Waals surface area contributed by atoms with E-state index in [9.17, 15) is 4.79 Å². The predicted molar refractivity (Wildman–Crippen MR) is 59.1 cm³/mol. The molecule has 2 nitrogen and oxygen atoms in total. The fraction of sp³-hybridized carbons (Fsp3) is 0.917. The van der Waals surface area contributed by atoms with Gasteiger partial charge in [0.25, 0.3) is 0 Å². The first kappa shape index (κ1) is 15.6. The third-order valence-electron chi connectivity index (χ3n) is 3.56. The Labute approximate surface area is 119 Å². The molecule has 0 aliphatic heterocycles. The molecule has 1 amide bonds. The van der Waals surface area contributed by atoms with Crippen molar-refractivity contribution in [1.29, 1.82) is 0 Å². The van der Waals surface area contributed by atoms with Crippen LogP contribution in [0.5, 0.6) is 0 Å². The first-order valence-corrected chi connectivity index (χ1v) is 5.70. The normalized spacial score (nSPS) is 30.9. The molecule has 0 aromatic carbocycles. The summed E-state index contributed by atoms with van der Waals surface area (Å²) in [6.07, 6.45) is 3.51. The van der Waals surface area contributed by atoms with Crippen molar-refractivity contribution in [1.82, 2.24) is 0 Å². The average Bonchev–Trinajstić information content (AvgIpc) is 2.16. The zero-order chi connectivity index (χ0) is 10.7. The van der Waals surface area contributed by atoms with Gasteiger partial charge in [-0.2, -0.15) is 0 Å². The predicted octanol–water partition coefficient (Wildman–Crippen LogP) is 3.22. The maximum Gasteiger partial charge on any atom is 0.0544 e. The van der Waals surface area contributed by atoms with Crippen molar-refractivity contribution in [3.8, 4) is 0 Å². The van der Waals surface area contributed by atoms with Gasteiger partial charge in [-0.3, -0.25) is 0 Å². The summed E-state index contributed by atoms with van der Waals surface area (Å²) in [5.74, 6) is 2.18. The summed E-state index contributed by atoms with van der Waals surface area (Å²) in [5, 5.41) is 3.84. The molecular formula is C12H22NOY-. The standard InChI is InChI=1S/C12H23NO.Y/c1-8(2)10-6-5-9(3)7-11(10)12(14)13-4;/h8-11H,5-7H2,1-4H3,(H,13,14);/p-1. The van der Waals surface area contributed by atoms with E-state index in [2.05, 4.69) is 26.1 Å².